The molecule has 0 saturated carbocycles. The molecule has 21 heavy (non-hydrogen) atoms. The molecule has 0 unspecified atom stereocenters. The van der Waals surface area contributed by atoms with Crippen molar-refractivity contribution in [3.05, 3.63) is 59.7 Å². The fraction of sp³-hybridized carbons (Fsp3) is 0.125. The number of aromatic nitrogens is 2. The van der Waals surface area contributed by atoms with E-state index >= 15 is 0 Å². The van der Waals surface area contributed by atoms with Crippen LogP contribution in [0.4, 0.5) is 10.2 Å². The summed E-state index contributed by atoms with van der Waals surface area (Å²) in [5.41, 5.74) is 2.15. The minimum Gasteiger partial charge on any atom is -0.340 e. The maximum atomic E-state index is 13.3. The van der Waals surface area contributed by atoms with E-state index in [0.29, 0.717) is 16.9 Å². The third-order valence-corrected chi connectivity index (χ3v) is 3.48. The predicted octanol–water partition coefficient (Wildman–Crippen LogP) is 3.27. The molecule has 3 aromatic rings. The Labute approximate surface area is 121 Å². The van der Waals surface area contributed by atoms with Crippen LogP contribution >= 0.6 is 0 Å². The summed E-state index contributed by atoms with van der Waals surface area (Å²) in [6.07, 6.45) is 1.62. The van der Waals surface area contributed by atoms with Crippen LogP contribution in [-0.2, 0) is 7.05 Å². The zero-order chi connectivity index (χ0) is 15.0. The number of fused-ring (bicyclic) bond motifs is 1. The molecular weight excluding hydrogens is 269 g/mol. The normalized spacial score (nSPS) is 10.8. The molecule has 2 aromatic heterocycles. The van der Waals surface area contributed by atoms with Crippen LogP contribution < -0.4 is 5.32 Å². The number of halogens is 1. The van der Waals surface area contributed by atoms with E-state index in [9.17, 15) is 9.18 Å². The van der Waals surface area contributed by atoms with E-state index in [-0.39, 0.29) is 11.7 Å². The molecule has 0 aliphatic rings. The van der Waals surface area contributed by atoms with E-state index in [1.807, 2.05) is 19.1 Å². The predicted molar refractivity (Wildman–Crippen MR) is 79.8 cm³/mol. The van der Waals surface area contributed by atoms with Crippen molar-refractivity contribution in [3.8, 4) is 0 Å². The first-order valence-corrected chi connectivity index (χ1v) is 6.54. The second-order valence-corrected chi connectivity index (χ2v) is 4.91. The first-order chi connectivity index (χ1) is 10.1. The number of benzene rings is 1. The van der Waals surface area contributed by atoms with Crippen molar-refractivity contribution in [1.29, 1.82) is 0 Å². The first kappa shape index (κ1) is 13.3. The fourth-order valence-electron chi connectivity index (χ4n) is 2.33. The van der Waals surface area contributed by atoms with Crippen molar-refractivity contribution < 1.29 is 9.18 Å². The zero-order valence-corrected chi connectivity index (χ0v) is 11.7. The SMILES string of the molecule is Cc1cccnc1NC(=O)c1cc2cc(F)ccc2n1C. The Morgan fingerprint density at radius 2 is 2.10 bits per heavy atom. The molecule has 1 amide bonds. The summed E-state index contributed by atoms with van der Waals surface area (Å²) >= 11 is 0. The molecule has 106 valence electrons. The molecule has 5 heteroatoms. The maximum absolute atomic E-state index is 13.3. The number of nitrogens with one attached hydrogen (secondary N) is 1. The van der Waals surface area contributed by atoms with Crippen LogP contribution in [0.1, 0.15) is 16.1 Å². The number of amides is 1. The van der Waals surface area contributed by atoms with Gasteiger partial charge in [-0.15, -0.1) is 0 Å². The molecule has 0 fully saturated rings. The largest absolute Gasteiger partial charge is 0.340 e. The lowest BCUT2D eigenvalue weighted by Crippen LogP contribution is -2.16. The Hall–Kier alpha value is -2.69. The van der Waals surface area contributed by atoms with E-state index in [2.05, 4.69) is 10.3 Å². The number of nitrogens with zero attached hydrogens (tertiary/aromatic N) is 2. The fourth-order valence-corrected chi connectivity index (χ4v) is 2.33. The third-order valence-electron chi connectivity index (χ3n) is 3.48. The second-order valence-electron chi connectivity index (χ2n) is 4.91. The van der Waals surface area contributed by atoms with Gasteiger partial charge in [0, 0.05) is 24.1 Å². The molecule has 0 aliphatic heterocycles. The summed E-state index contributed by atoms with van der Waals surface area (Å²) in [7, 11) is 1.78. The highest BCUT2D eigenvalue weighted by Crippen LogP contribution is 2.21. The highest BCUT2D eigenvalue weighted by atomic mass is 19.1. The van der Waals surface area contributed by atoms with Crippen molar-refractivity contribution in [2.45, 2.75) is 6.92 Å². The van der Waals surface area contributed by atoms with Gasteiger partial charge in [0.1, 0.15) is 17.3 Å². The number of hydrogen-bond donors (Lipinski definition) is 1. The van der Waals surface area contributed by atoms with Crippen molar-refractivity contribution in [2.75, 3.05) is 5.32 Å². The molecule has 1 aromatic carbocycles. The lowest BCUT2D eigenvalue weighted by Gasteiger charge is -2.07. The second kappa shape index (κ2) is 5.01. The highest BCUT2D eigenvalue weighted by molar-refractivity contribution is 6.06. The molecule has 2 heterocycles. The lowest BCUT2D eigenvalue weighted by atomic mass is 10.2. The maximum Gasteiger partial charge on any atom is 0.273 e. The molecule has 4 nitrogen and oxygen atoms in total. The summed E-state index contributed by atoms with van der Waals surface area (Å²) in [5, 5.41) is 3.47. The Bertz CT molecular complexity index is 839. The highest BCUT2D eigenvalue weighted by Gasteiger charge is 2.15. The Balaban J connectivity index is 1.98. The summed E-state index contributed by atoms with van der Waals surface area (Å²) in [6, 6.07) is 9.81. The lowest BCUT2D eigenvalue weighted by molar-refractivity contribution is 0.101. The average Bonchev–Trinajstić information content (AvgIpc) is 2.78. The number of aryl methyl sites for hydroxylation is 2. The standard InChI is InChI=1S/C16H14FN3O/c1-10-4-3-7-18-15(10)19-16(21)14-9-11-8-12(17)5-6-13(11)20(14)2/h3-9H,1-2H3,(H,18,19,21). The molecule has 0 spiro atoms. The van der Waals surface area contributed by atoms with Crippen LogP contribution in [0.5, 0.6) is 0 Å². The molecule has 3 rings (SSSR count). The van der Waals surface area contributed by atoms with Crippen LogP contribution in [0.25, 0.3) is 10.9 Å². The summed E-state index contributed by atoms with van der Waals surface area (Å²) in [6.45, 7) is 1.87. The topological polar surface area (TPSA) is 46.9 Å². The average molecular weight is 283 g/mol. The van der Waals surface area contributed by atoms with Gasteiger partial charge in [0.15, 0.2) is 0 Å². The first-order valence-electron chi connectivity index (χ1n) is 6.54. The minimum atomic E-state index is -0.319. The van der Waals surface area contributed by atoms with E-state index in [4.69, 9.17) is 0 Å². The number of pyridine rings is 1. The van der Waals surface area contributed by atoms with Gasteiger partial charge in [-0.2, -0.15) is 0 Å². The van der Waals surface area contributed by atoms with Crippen LogP contribution in [0, 0.1) is 12.7 Å². The van der Waals surface area contributed by atoms with Gasteiger partial charge < -0.3 is 9.88 Å². The third kappa shape index (κ3) is 2.38. The Kier molecular flexibility index (Phi) is 3.17. The summed E-state index contributed by atoms with van der Waals surface area (Å²) < 4.78 is 15.0. The molecule has 0 radical (unpaired) electrons. The molecule has 1 N–H and O–H groups in total. The van der Waals surface area contributed by atoms with Crippen LogP contribution in [0.15, 0.2) is 42.6 Å². The van der Waals surface area contributed by atoms with Gasteiger partial charge in [-0.1, -0.05) is 6.07 Å². The molecule has 0 aliphatic carbocycles. The Morgan fingerprint density at radius 1 is 1.29 bits per heavy atom. The summed E-state index contributed by atoms with van der Waals surface area (Å²) in [4.78, 5) is 16.5. The number of carbonyl (C=O) groups is 1. The van der Waals surface area contributed by atoms with Gasteiger partial charge in [-0.3, -0.25) is 4.79 Å². The van der Waals surface area contributed by atoms with Gasteiger partial charge >= 0.3 is 0 Å². The monoisotopic (exact) mass is 283 g/mol. The van der Waals surface area contributed by atoms with Gasteiger partial charge in [0.25, 0.3) is 5.91 Å². The van der Waals surface area contributed by atoms with Crippen LogP contribution in [-0.4, -0.2) is 15.5 Å². The van der Waals surface area contributed by atoms with Crippen LogP contribution in [0.3, 0.4) is 0 Å². The quantitative estimate of drug-likeness (QED) is 0.784. The van der Waals surface area contributed by atoms with Gasteiger partial charge in [-0.25, -0.2) is 9.37 Å². The Morgan fingerprint density at radius 3 is 2.86 bits per heavy atom. The number of carbonyl (C=O) groups excluding carboxylic acids is 1. The molecule has 0 bridgehead atoms. The van der Waals surface area contributed by atoms with Gasteiger partial charge in [0.2, 0.25) is 0 Å². The van der Waals surface area contributed by atoms with E-state index in [0.717, 1.165) is 11.1 Å². The van der Waals surface area contributed by atoms with Crippen molar-refractivity contribution in [3.63, 3.8) is 0 Å². The summed E-state index contributed by atoms with van der Waals surface area (Å²) in [5.74, 6) is -0.0597. The molecular formula is C16H14FN3O. The van der Waals surface area contributed by atoms with Gasteiger partial charge in [0.05, 0.1) is 0 Å². The van der Waals surface area contributed by atoms with Crippen molar-refractivity contribution in [2.24, 2.45) is 7.05 Å². The van der Waals surface area contributed by atoms with Gasteiger partial charge in [-0.05, 0) is 42.8 Å². The molecule has 0 saturated heterocycles. The number of hydrogen-bond acceptors (Lipinski definition) is 2. The smallest absolute Gasteiger partial charge is 0.273 e. The number of anilines is 1. The minimum absolute atomic E-state index is 0.268. The van der Waals surface area contributed by atoms with E-state index in [1.54, 1.807) is 29.9 Å². The van der Waals surface area contributed by atoms with Crippen molar-refractivity contribution >= 4 is 22.6 Å². The van der Waals surface area contributed by atoms with E-state index in [1.165, 1.54) is 12.1 Å². The van der Waals surface area contributed by atoms with Crippen LogP contribution in [0.2, 0.25) is 0 Å². The number of rotatable bonds is 2. The van der Waals surface area contributed by atoms with Crippen molar-refractivity contribution in [1.82, 2.24) is 9.55 Å². The molecule has 0 atom stereocenters. The zero-order valence-electron chi connectivity index (χ0n) is 11.7. The van der Waals surface area contributed by atoms with E-state index < -0.39 is 0 Å².